The second kappa shape index (κ2) is 8.36. The topological polar surface area (TPSA) is 21.1 Å². The number of aryl methyl sites for hydroxylation is 2. The lowest BCUT2D eigenvalue weighted by Crippen LogP contribution is -2.24. The quantitative estimate of drug-likeness (QED) is 0.584. The van der Waals surface area contributed by atoms with Gasteiger partial charge >= 0.3 is 0 Å². The molecule has 0 spiro atoms. The summed E-state index contributed by atoms with van der Waals surface area (Å²) in [6.45, 7) is 5.10. The smallest absolute Gasteiger partial charge is 0.126 e. The van der Waals surface area contributed by atoms with Gasteiger partial charge in [-0.25, -0.2) is 13.8 Å². The molecule has 2 aromatic heterocycles. The fourth-order valence-electron chi connectivity index (χ4n) is 2.86. The molecule has 0 atom stereocenters. The number of aromatic nitrogens is 2. The molecule has 0 saturated carbocycles. The Hall–Kier alpha value is -2.05. The van der Waals surface area contributed by atoms with Crippen molar-refractivity contribution in [2.75, 3.05) is 6.54 Å². The first-order valence-corrected chi connectivity index (χ1v) is 9.08. The van der Waals surface area contributed by atoms with Gasteiger partial charge in [-0.1, -0.05) is 0 Å². The van der Waals surface area contributed by atoms with Crippen molar-refractivity contribution in [3.05, 3.63) is 76.0 Å². The van der Waals surface area contributed by atoms with Crippen LogP contribution in [0.2, 0.25) is 0 Å². The monoisotopic (exact) mass is 361 g/mol. The highest BCUT2D eigenvalue weighted by Gasteiger charge is 2.10. The van der Waals surface area contributed by atoms with Crippen LogP contribution in [-0.4, -0.2) is 21.0 Å². The number of benzene rings is 1. The molecule has 25 heavy (non-hydrogen) atoms. The van der Waals surface area contributed by atoms with E-state index in [1.165, 1.54) is 21.9 Å². The van der Waals surface area contributed by atoms with Crippen molar-refractivity contribution in [3.8, 4) is 0 Å². The van der Waals surface area contributed by atoms with Gasteiger partial charge in [0.1, 0.15) is 11.6 Å². The minimum atomic E-state index is -0.527. The number of hydrogen-bond donors (Lipinski definition) is 0. The molecule has 0 unspecified atom stereocenters. The molecule has 0 radical (unpaired) electrons. The number of rotatable bonds is 8. The molecule has 2 heterocycles. The Balaban J connectivity index is 1.66. The van der Waals surface area contributed by atoms with Crippen molar-refractivity contribution in [1.82, 2.24) is 14.5 Å². The van der Waals surface area contributed by atoms with Crippen LogP contribution in [0, 0.1) is 18.6 Å². The summed E-state index contributed by atoms with van der Waals surface area (Å²) in [6.07, 6.45) is 6.45. The minimum absolute atomic E-state index is 0.523. The zero-order valence-corrected chi connectivity index (χ0v) is 15.0. The Bertz CT molecular complexity index is 779. The Morgan fingerprint density at radius 2 is 1.92 bits per heavy atom. The maximum absolute atomic E-state index is 13.5. The summed E-state index contributed by atoms with van der Waals surface area (Å²) in [7, 11) is 0. The average Bonchev–Trinajstić information content (AvgIpc) is 3.18. The van der Waals surface area contributed by atoms with E-state index in [0.717, 1.165) is 32.1 Å². The summed E-state index contributed by atoms with van der Waals surface area (Å²) < 4.78 is 29.0. The summed E-state index contributed by atoms with van der Waals surface area (Å²) in [5, 5.41) is 0. The Labute approximate surface area is 150 Å². The van der Waals surface area contributed by atoms with Crippen molar-refractivity contribution in [3.63, 3.8) is 0 Å². The molecule has 132 valence electrons. The third kappa shape index (κ3) is 5.47. The summed E-state index contributed by atoms with van der Waals surface area (Å²) in [6, 6.07) is 7.95. The number of halogens is 2. The van der Waals surface area contributed by atoms with Gasteiger partial charge in [0.15, 0.2) is 0 Å². The first-order valence-electron chi connectivity index (χ1n) is 8.27. The molecule has 0 aliphatic rings. The highest BCUT2D eigenvalue weighted by molar-refractivity contribution is 7.11. The van der Waals surface area contributed by atoms with Gasteiger partial charge < -0.3 is 4.57 Å². The van der Waals surface area contributed by atoms with Crippen molar-refractivity contribution in [2.24, 2.45) is 0 Å². The molecule has 0 fully saturated rings. The predicted molar refractivity (Wildman–Crippen MR) is 96.4 cm³/mol. The maximum Gasteiger partial charge on any atom is 0.126 e. The van der Waals surface area contributed by atoms with Gasteiger partial charge in [0.25, 0.3) is 0 Å². The Morgan fingerprint density at radius 1 is 1.12 bits per heavy atom. The van der Waals surface area contributed by atoms with E-state index in [0.29, 0.717) is 12.1 Å². The van der Waals surface area contributed by atoms with Crippen LogP contribution < -0.4 is 0 Å². The SMILES string of the molecule is Cc1ccc(CN(CCCn2ccnc2)Cc2cc(F)cc(F)c2)s1. The fraction of sp³-hybridized carbons (Fsp3) is 0.316. The van der Waals surface area contributed by atoms with E-state index in [-0.39, 0.29) is 0 Å². The summed E-state index contributed by atoms with van der Waals surface area (Å²) >= 11 is 1.76. The molecule has 0 saturated heterocycles. The van der Waals surface area contributed by atoms with Crippen LogP contribution in [0.5, 0.6) is 0 Å². The van der Waals surface area contributed by atoms with Gasteiger partial charge in [-0.05, 0) is 43.2 Å². The molecule has 1 aromatic carbocycles. The largest absolute Gasteiger partial charge is 0.337 e. The van der Waals surface area contributed by atoms with Crippen molar-refractivity contribution in [1.29, 1.82) is 0 Å². The highest BCUT2D eigenvalue weighted by atomic mass is 32.1. The third-order valence-corrected chi connectivity index (χ3v) is 4.94. The van der Waals surface area contributed by atoms with Crippen LogP contribution in [-0.2, 0) is 19.6 Å². The van der Waals surface area contributed by atoms with Crippen LogP contribution in [0.1, 0.15) is 21.7 Å². The lowest BCUT2D eigenvalue weighted by molar-refractivity contribution is 0.250. The molecular formula is C19H21F2N3S. The molecule has 6 heteroatoms. The number of hydrogen-bond acceptors (Lipinski definition) is 3. The molecule has 0 aliphatic heterocycles. The summed E-state index contributed by atoms with van der Waals surface area (Å²) in [5.41, 5.74) is 0.661. The molecule has 3 rings (SSSR count). The molecule has 3 nitrogen and oxygen atoms in total. The summed E-state index contributed by atoms with van der Waals surface area (Å²) in [5.74, 6) is -1.05. The number of thiophene rings is 1. The van der Waals surface area contributed by atoms with E-state index < -0.39 is 11.6 Å². The van der Waals surface area contributed by atoms with E-state index in [1.807, 2.05) is 10.8 Å². The Kier molecular flexibility index (Phi) is 5.94. The van der Waals surface area contributed by atoms with Gasteiger partial charge in [-0.3, -0.25) is 4.90 Å². The van der Waals surface area contributed by atoms with Gasteiger partial charge in [0.2, 0.25) is 0 Å². The van der Waals surface area contributed by atoms with Crippen LogP contribution in [0.15, 0.2) is 49.1 Å². The van der Waals surface area contributed by atoms with Gasteiger partial charge in [-0.2, -0.15) is 0 Å². The zero-order valence-electron chi connectivity index (χ0n) is 14.2. The van der Waals surface area contributed by atoms with Crippen LogP contribution in [0.25, 0.3) is 0 Å². The molecular weight excluding hydrogens is 340 g/mol. The lowest BCUT2D eigenvalue weighted by Gasteiger charge is -2.22. The number of imidazole rings is 1. The van der Waals surface area contributed by atoms with Gasteiger partial charge in [0.05, 0.1) is 6.33 Å². The fourth-order valence-corrected chi connectivity index (χ4v) is 3.79. The van der Waals surface area contributed by atoms with E-state index in [9.17, 15) is 8.78 Å². The molecule has 0 aliphatic carbocycles. The normalized spacial score (nSPS) is 11.4. The number of nitrogens with zero attached hydrogens (tertiary/aromatic N) is 3. The van der Waals surface area contributed by atoms with Gasteiger partial charge in [0, 0.05) is 54.4 Å². The first kappa shape index (κ1) is 17.8. The minimum Gasteiger partial charge on any atom is -0.337 e. The van der Waals surface area contributed by atoms with Crippen molar-refractivity contribution >= 4 is 11.3 Å². The predicted octanol–water partition coefficient (Wildman–Crippen LogP) is 4.62. The van der Waals surface area contributed by atoms with E-state index in [1.54, 1.807) is 23.9 Å². The van der Waals surface area contributed by atoms with Gasteiger partial charge in [-0.15, -0.1) is 11.3 Å². The van der Waals surface area contributed by atoms with Crippen molar-refractivity contribution in [2.45, 2.75) is 33.0 Å². The second-order valence-corrected chi connectivity index (χ2v) is 7.53. The first-order chi connectivity index (χ1) is 12.1. The average molecular weight is 361 g/mol. The zero-order chi connectivity index (χ0) is 17.6. The maximum atomic E-state index is 13.5. The van der Waals surface area contributed by atoms with E-state index in [2.05, 4.69) is 28.9 Å². The van der Waals surface area contributed by atoms with Crippen LogP contribution in [0.4, 0.5) is 8.78 Å². The van der Waals surface area contributed by atoms with Crippen LogP contribution in [0.3, 0.4) is 0 Å². The van der Waals surface area contributed by atoms with Crippen LogP contribution >= 0.6 is 11.3 Å². The standard InChI is InChI=1S/C19H21F2N3S/c1-15-3-4-19(25-15)13-24(7-2-6-23-8-5-22-14-23)12-16-9-17(20)11-18(21)10-16/h3-5,8-11,14H,2,6-7,12-13H2,1H3. The lowest BCUT2D eigenvalue weighted by atomic mass is 10.2. The summed E-state index contributed by atoms with van der Waals surface area (Å²) in [4.78, 5) is 8.81. The molecule has 0 N–H and O–H groups in total. The second-order valence-electron chi connectivity index (χ2n) is 6.15. The Morgan fingerprint density at radius 3 is 2.56 bits per heavy atom. The van der Waals surface area contributed by atoms with Crippen molar-refractivity contribution < 1.29 is 8.78 Å². The third-order valence-electron chi connectivity index (χ3n) is 3.95. The van der Waals surface area contributed by atoms with E-state index in [4.69, 9.17) is 0 Å². The molecule has 3 aromatic rings. The highest BCUT2D eigenvalue weighted by Crippen LogP contribution is 2.19. The molecule has 0 amide bonds. The molecule has 0 bridgehead atoms. The van der Waals surface area contributed by atoms with E-state index >= 15 is 0 Å².